The number of hydrogen-bond acceptors (Lipinski definition) is 6. The third kappa shape index (κ3) is 1.28. The molecule has 18 heavy (non-hydrogen) atoms. The number of nitrogens with zero attached hydrogens (tertiary/aromatic N) is 4. The van der Waals surface area contributed by atoms with Crippen molar-refractivity contribution in [3.8, 4) is 11.6 Å². The Balaban J connectivity index is 1.80. The maximum atomic E-state index is 6.18. The van der Waals surface area contributed by atoms with Gasteiger partial charge in [0.25, 0.3) is 5.89 Å². The Morgan fingerprint density at radius 3 is 3.11 bits per heavy atom. The van der Waals surface area contributed by atoms with Crippen LogP contribution in [0.1, 0.15) is 25.1 Å². The summed E-state index contributed by atoms with van der Waals surface area (Å²) < 4.78 is 7.26. The largest absolute Gasteiger partial charge is 0.332 e. The third-order valence-electron chi connectivity index (χ3n) is 3.49. The van der Waals surface area contributed by atoms with E-state index in [9.17, 15) is 0 Å². The lowest BCUT2D eigenvalue weighted by molar-refractivity contribution is 0.229. The fourth-order valence-corrected chi connectivity index (χ4v) is 3.02. The zero-order valence-electron chi connectivity index (χ0n) is 9.54. The van der Waals surface area contributed by atoms with Gasteiger partial charge in [0.05, 0.1) is 11.7 Å². The Bertz CT molecular complexity index is 708. The van der Waals surface area contributed by atoms with Gasteiger partial charge in [0, 0.05) is 5.38 Å². The smallest absolute Gasteiger partial charge is 0.275 e. The molecular weight excluding hydrogens is 250 g/mol. The molecule has 0 spiro atoms. The molecule has 0 bridgehead atoms. The number of thiazole rings is 1. The van der Waals surface area contributed by atoms with Crippen LogP contribution in [-0.4, -0.2) is 19.5 Å². The second-order valence-electron chi connectivity index (χ2n) is 4.66. The van der Waals surface area contributed by atoms with Crippen LogP contribution in [0.15, 0.2) is 22.4 Å². The van der Waals surface area contributed by atoms with Crippen molar-refractivity contribution >= 4 is 16.2 Å². The van der Waals surface area contributed by atoms with Gasteiger partial charge in [-0.2, -0.15) is 4.98 Å². The minimum absolute atomic E-state index is 0.383. The minimum Gasteiger partial charge on any atom is -0.332 e. The molecule has 1 fully saturated rings. The highest BCUT2D eigenvalue weighted by Gasteiger charge is 2.39. The minimum atomic E-state index is -0.383. The first-order valence-electron chi connectivity index (χ1n) is 5.79. The molecule has 0 unspecified atom stereocenters. The number of hydrogen-bond donors (Lipinski definition) is 1. The average Bonchev–Trinajstić information content (AvgIpc) is 3.00. The molecule has 0 amide bonds. The van der Waals surface area contributed by atoms with E-state index in [-0.39, 0.29) is 5.54 Å². The van der Waals surface area contributed by atoms with Crippen LogP contribution in [-0.2, 0) is 5.54 Å². The normalized spacial score (nSPS) is 18.1. The molecule has 3 aromatic rings. The fraction of sp³-hybridized carbons (Fsp3) is 0.364. The molecular formula is C11H11N5OS. The van der Waals surface area contributed by atoms with Gasteiger partial charge in [-0.1, -0.05) is 5.16 Å². The lowest BCUT2D eigenvalue weighted by atomic mass is 9.77. The van der Waals surface area contributed by atoms with Crippen molar-refractivity contribution in [2.24, 2.45) is 5.73 Å². The summed E-state index contributed by atoms with van der Waals surface area (Å²) in [5.41, 5.74) is 6.67. The maximum absolute atomic E-state index is 6.18. The topological polar surface area (TPSA) is 82.2 Å². The van der Waals surface area contributed by atoms with E-state index in [0.717, 1.165) is 29.8 Å². The van der Waals surface area contributed by atoms with Crippen molar-refractivity contribution < 1.29 is 4.52 Å². The summed E-state index contributed by atoms with van der Waals surface area (Å²) in [4.78, 5) is 9.57. The van der Waals surface area contributed by atoms with Crippen LogP contribution in [0.3, 0.4) is 0 Å². The first-order valence-corrected chi connectivity index (χ1v) is 6.67. The van der Waals surface area contributed by atoms with Crippen molar-refractivity contribution in [3.63, 3.8) is 0 Å². The Hall–Kier alpha value is -1.73. The molecule has 1 aliphatic rings. The second-order valence-corrected chi connectivity index (χ2v) is 5.55. The summed E-state index contributed by atoms with van der Waals surface area (Å²) in [6, 6.07) is 0. The van der Waals surface area contributed by atoms with Crippen LogP contribution in [0.2, 0.25) is 0 Å². The predicted molar refractivity (Wildman–Crippen MR) is 66.1 cm³/mol. The van der Waals surface area contributed by atoms with Gasteiger partial charge in [-0.25, -0.2) is 4.98 Å². The van der Waals surface area contributed by atoms with Crippen LogP contribution in [0.25, 0.3) is 16.4 Å². The second kappa shape index (κ2) is 3.39. The SMILES string of the molecule is NC1(c2noc(-c3csc4cncn34)n2)CCC1. The van der Waals surface area contributed by atoms with Crippen molar-refractivity contribution in [2.45, 2.75) is 24.8 Å². The molecule has 3 aromatic heterocycles. The molecule has 7 heteroatoms. The first kappa shape index (κ1) is 10.2. The van der Waals surface area contributed by atoms with E-state index in [1.54, 1.807) is 17.7 Å². The predicted octanol–water partition coefficient (Wildman–Crippen LogP) is 1.78. The molecule has 0 aliphatic heterocycles. The Kier molecular flexibility index (Phi) is 1.93. The first-order chi connectivity index (χ1) is 8.76. The van der Waals surface area contributed by atoms with Gasteiger partial charge in [0.15, 0.2) is 5.82 Å². The molecule has 2 N–H and O–H groups in total. The molecule has 4 rings (SSSR count). The number of aromatic nitrogens is 4. The number of imidazole rings is 1. The van der Waals surface area contributed by atoms with Gasteiger partial charge in [-0.3, -0.25) is 4.40 Å². The summed E-state index contributed by atoms with van der Waals surface area (Å²) in [5, 5.41) is 6.00. The summed E-state index contributed by atoms with van der Waals surface area (Å²) in [5.74, 6) is 1.12. The summed E-state index contributed by atoms with van der Waals surface area (Å²) in [6.45, 7) is 0. The molecule has 1 saturated carbocycles. The van der Waals surface area contributed by atoms with E-state index < -0.39 is 0 Å². The molecule has 0 atom stereocenters. The lowest BCUT2D eigenvalue weighted by Crippen LogP contribution is -2.44. The molecule has 1 aliphatic carbocycles. The van der Waals surface area contributed by atoms with E-state index in [1.165, 1.54) is 0 Å². The molecule has 3 heterocycles. The zero-order valence-corrected chi connectivity index (χ0v) is 10.4. The van der Waals surface area contributed by atoms with Crippen LogP contribution in [0.5, 0.6) is 0 Å². The standard InChI is InChI=1S/C11H11N5OS/c12-11(2-1-3-11)10-14-9(17-15-10)7-5-18-8-4-13-6-16(7)8/h4-6H,1-3,12H2. The van der Waals surface area contributed by atoms with E-state index in [1.807, 2.05) is 16.0 Å². The fourth-order valence-electron chi connectivity index (χ4n) is 2.19. The van der Waals surface area contributed by atoms with Crippen molar-refractivity contribution in [3.05, 3.63) is 23.7 Å². The Morgan fingerprint density at radius 2 is 2.33 bits per heavy atom. The highest BCUT2D eigenvalue weighted by molar-refractivity contribution is 7.15. The van der Waals surface area contributed by atoms with Crippen LogP contribution in [0, 0.1) is 0 Å². The van der Waals surface area contributed by atoms with Crippen molar-refractivity contribution in [1.82, 2.24) is 19.5 Å². The number of fused-ring (bicyclic) bond motifs is 1. The van der Waals surface area contributed by atoms with Gasteiger partial charge in [0.2, 0.25) is 0 Å². The highest BCUT2D eigenvalue weighted by atomic mass is 32.1. The molecule has 0 aromatic carbocycles. The molecule has 6 nitrogen and oxygen atoms in total. The third-order valence-corrected chi connectivity index (χ3v) is 4.38. The van der Waals surface area contributed by atoms with E-state index >= 15 is 0 Å². The lowest BCUT2D eigenvalue weighted by Gasteiger charge is -2.34. The highest BCUT2D eigenvalue weighted by Crippen LogP contribution is 2.37. The van der Waals surface area contributed by atoms with Crippen LogP contribution >= 0.6 is 11.3 Å². The summed E-state index contributed by atoms with van der Waals surface area (Å²) in [7, 11) is 0. The van der Waals surface area contributed by atoms with E-state index in [0.29, 0.717) is 11.7 Å². The molecule has 0 saturated heterocycles. The number of nitrogens with two attached hydrogens (primary N) is 1. The van der Waals surface area contributed by atoms with Crippen LogP contribution in [0.4, 0.5) is 0 Å². The van der Waals surface area contributed by atoms with Gasteiger partial charge < -0.3 is 10.3 Å². The molecule has 0 radical (unpaired) electrons. The molecule has 92 valence electrons. The van der Waals surface area contributed by atoms with E-state index in [2.05, 4.69) is 15.1 Å². The maximum Gasteiger partial charge on any atom is 0.275 e. The van der Waals surface area contributed by atoms with Crippen LogP contribution < -0.4 is 5.73 Å². The van der Waals surface area contributed by atoms with Gasteiger partial charge in [-0.15, -0.1) is 11.3 Å². The monoisotopic (exact) mass is 261 g/mol. The van der Waals surface area contributed by atoms with Gasteiger partial charge >= 0.3 is 0 Å². The Labute approximate surface area is 106 Å². The quantitative estimate of drug-likeness (QED) is 0.760. The van der Waals surface area contributed by atoms with E-state index in [4.69, 9.17) is 10.3 Å². The zero-order chi connectivity index (χ0) is 12.2. The number of rotatable bonds is 2. The average molecular weight is 261 g/mol. The summed E-state index contributed by atoms with van der Waals surface area (Å²) >= 11 is 1.59. The Morgan fingerprint density at radius 1 is 1.44 bits per heavy atom. The van der Waals surface area contributed by atoms with Crippen molar-refractivity contribution in [1.29, 1.82) is 0 Å². The van der Waals surface area contributed by atoms with Gasteiger partial charge in [0.1, 0.15) is 16.9 Å². The van der Waals surface area contributed by atoms with Gasteiger partial charge in [-0.05, 0) is 19.3 Å². The summed E-state index contributed by atoms with van der Waals surface area (Å²) in [6.07, 6.45) is 6.53. The van der Waals surface area contributed by atoms with Crippen molar-refractivity contribution in [2.75, 3.05) is 0 Å².